The van der Waals surface area contributed by atoms with Gasteiger partial charge < -0.3 is 10.4 Å². The quantitative estimate of drug-likeness (QED) is 0.223. The van der Waals surface area contributed by atoms with Gasteiger partial charge in [0, 0.05) is 29.7 Å². The van der Waals surface area contributed by atoms with Crippen LogP contribution < -0.4 is 9.62 Å². The number of nitrogens with one attached hydrogen (secondary N) is 1. The molecule has 6 nitrogen and oxygen atoms in total. The summed E-state index contributed by atoms with van der Waals surface area (Å²) in [5, 5.41) is 13.7. The Morgan fingerprint density at radius 1 is 1.07 bits per heavy atom. The van der Waals surface area contributed by atoms with Crippen molar-refractivity contribution in [3.05, 3.63) is 88.7 Å². The Bertz CT molecular complexity index is 1560. The van der Waals surface area contributed by atoms with Gasteiger partial charge in [-0.2, -0.15) is 0 Å². The summed E-state index contributed by atoms with van der Waals surface area (Å²) in [7, 11) is -2.31. The van der Waals surface area contributed by atoms with Crippen LogP contribution in [0.3, 0.4) is 0 Å². The number of nitrogens with zero attached hydrogens (tertiary/aromatic N) is 1. The molecule has 3 aromatic carbocycles. The fourth-order valence-electron chi connectivity index (χ4n) is 5.60. The summed E-state index contributed by atoms with van der Waals surface area (Å²) in [6, 6.07) is 17.7. The molecule has 0 radical (unpaired) electrons. The molecule has 1 aliphatic carbocycles. The molecule has 9 heteroatoms. The van der Waals surface area contributed by atoms with Gasteiger partial charge in [-0.05, 0) is 78.1 Å². The average Bonchev–Trinajstić information content (AvgIpc) is 2.97. The fourth-order valence-corrected chi connectivity index (χ4v) is 7.55. The number of phenols is 1. The van der Waals surface area contributed by atoms with E-state index in [0.717, 1.165) is 17.0 Å². The molecular formula is C35H45FN2O4S2. The van der Waals surface area contributed by atoms with E-state index in [1.165, 1.54) is 73.4 Å². The standard InChI is InChI=1S/C35H45FN2O4S2/c1-35(2,3)27-19-17-24(33(22-27)43-28-11-7-6-8-12-28)15-16-26(23-37-34(40)29-13-9-10-14-32(29)39)25-18-20-31(30(36)21-25)38(4)44(5,41)42/h9-10,13-14,17-22,26,28,39H,6-8,11-12,15-16,23H2,1-5H3,(H,37,40). The van der Waals surface area contributed by atoms with E-state index in [2.05, 4.69) is 44.3 Å². The second kappa shape index (κ2) is 14.4. The van der Waals surface area contributed by atoms with E-state index in [4.69, 9.17) is 0 Å². The predicted octanol–water partition coefficient (Wildman–Crippen LogP) is 7.80. The number of aryl methyl sites for hydroxylation is 1. The van der Waals surface area contributed by atoms with Crippen molar-refractivity contribution >= 4 is 33.4 Å². The first-order valence-electron chi connectivity index (χ1n) is 15.3. The minimum Gasteiger partial charge on any atom is -0.507 e. The minimum atomic E-state index is -3.63. The summed E-state index contributed by atoms with van der Waals surface area (Å²) in [6.45, 7) is 6.89. The van der Waals surface area contributed by atoms with Gasteiger partial charge in [0.1, 0.15) is 11.6 Å². The number of hydrogen-bond donors (Lipinski definition) is 2. The molecule has 44 heavy (non-hydrogen) atoms. The molecule has 1 aliphatic rings. The van der Waals surface area contributed by atoms with Crippen LogP contribution in [0.5, 0.6) is 5.75 Å². The van der Waals surface area contributed by atoms with Crippen LogP contribution >= 0.6 is 11.8 Å². The van der Waals surface area contributed by atoms with Gasteiger partial charge in [-0.15, -0.1) is 11.8 Å². The Labute approximate surface area is 266 Å². The van der Waals surface area contributed by atoms with E-state index in [1.54, 1.807) is 24.3 Å². The molecule has 4 rings (SSSR count). The first-order chi connectivity index (χ1) is 20.7. The largest absolute Gasteiger partial charge is 0.507 e. The van der Waals surface area contributed by atoms with Crippen molar-refractivity contribution in [3.63, 3.8) is 0 Å². The summed E-state index contributed by atoms with van der Waals surface area (Å²) in [6.07, 6.45) is 8.66. The molecule has 1 amide bonds. The lowest BCUT2D eigenvalue weighted by molar-refractivity contribution is 0.0948. The van der Waals surface area contributed by atoms with E-state index in [0.29, 0.717) is 17.2 Å². The van der Waals surface area contributed by atoms with Gasteiger partial charge in [-0.1, -0.05) is 70.4 Å². The predicted molar refractivity (Wildman–Crippen MR) is 179 cm³/mol. The lowest BCUT2D eigenvalue weighted by Crippen LogP contribution is -2.29. The number of carbonyl (C=O) groups is 1. The number of aromatic hydroxyl groups is 1. The first-order valence-corrected chi connectivity index (χ1v) is 18.1. The van der Waals surface area contributed by atoms with Crippen molar-refractivity contribution in [1.82, 2.24) is 5.32 Å². The number of anilines is 1. The zero-order valence-corrected chi connectivity index (χ0v) is 28.0. The second-order valence-corrected chi connectivity index (χ2v) is 16.2. The highest BCUT2D eigenvalue weighted by molar-refractivity contribution is 8.00. The molecule has 2 N–H and O–H groups in total. The number of rotatable bonds is 11. The zero-order valence-electron chi connectivity index (χ0n) is 26.4. The third-order valence-corrected chi connectivity index (χ3v) is 11.1. The molecule has 1 saturated carbocycles. The van der Waals surface area contributed by atoms with Crippen LogP contribution in [-0.4, -0.2) is 44.5 Å². The molecular weight excluding hydrogens is 596 g/mol. The smallest absolute Gasteiger partial charge is 0.255 e. The van der Waals surface area contributed by atoms with Gasteiger partial charge in [-0.3, -0.25) is 9.10 Å². The number of carbonyl (C=O) groups excluding carboxylic acids is 1. The third-order valence-electron chi connectivity index (χ3n) is 8.48. The van der Waals surface area contributed by atoms with E-state index in [-0.39, 0.29) is 34.9 Å². The Kier molecular flexibility index (Phi) is 11.1. The monoisotopic (exact) mass is 640 g/mol. The SMILES string of the molecule is CN(c1ccc(C(CCc2ccc(C(C)(C)C)cc2SC2CCCCC2)CNC(=O)c2ccccc2O)cc1F)S(C)(=O)=O. The number of sulfonamides is 1. The number of halogens is 1. The van der Waals surface area contributed by atoms with E-state index < -0.39 is 21.7 Å². The number of phenolic OH excluding ortho intramolecular Hbond substituents is 1. The average molecular weight is 641 g/mol. The molecule has 1 fully saturated rings. The summed E-state index contributed by atoms with van der Waals surface area (Å²) < 4.78 is 40.3. The van der Waals surface area contributed by atoms with Crippen LogP contribution in [0.25, 0.3) is 0 Å². The van der Waals surface area contributed by atoms with Crippen LogP contribution in [0.4, 0.5) is 10.1 Å². The van der Waals surface area contributed by atoms with Crippen molar-refractivity contribution in [2.75, 3.05) is 24.2 Å². The number of benzene rings is 3. The van der Waals surface area contributed by atoms with E-state index in [9.17, 15) is 18.3 Å². The summed E-state index contributed by atoms with van der Waals surface area (Å²) in [4.78, 5) is 14.3. The number of thioether (sulfide) groups is 1. The van der Waals surface area contributed by atoms with Crippen LogP contribution in [0, 0.1) is 5.82 Å². The third kappa shape index (κ3) is 8.78. The zero-order chi connectivity index (χ0) is 32.1. The molecule has 0 spiro atoms. The summed E-state index contributed by atoms with van der Waals surface area (Å²) in [5.74, 6) is -1.42. The van der Waals surface area contributed by atoms with Gasteiger partial charge in [0.2, 0.25) is 10.0 Å². The van der Waals surface area contributed by atoms with Crippen molar-refractivity contribution in [2.24, 2.45) is 0 Å². The topological polar surface area (TPSA) is 86.7 Å². The molecule has 1 atom stereocenters. The van der Waals surface area contributed by atoms with Crippen molar-refractivity contribution in [1.29, 1.82) is 0 Å². The van der Waals surface area contributed by atoms with Gasteiger partial charge in [0.25, 0.3) is 5.91 Å². The van der Waals surface area contributed by atoms with Crippen LogP contribution in [0.2, 0.25) is 0 Å². The van der Waals surface area contributed by atoms with E-state index in [1.807, 2.05) is 11.8 Å². The van der Waals surface area contributed by atoms with Crippen LogP contribution in [-0.2, 0) is 21.9 Å². The maximum Gasteiger partial charge on any atom is 0.255 e. The van der Waals surface area contributed by atoms with Gasteiger partial charge in [-0.25, -0.2) is 12.8 Å². The highest BCUT2D eigenvalue weighted by atomic mass is 32.2. The molecule has 1 unspecified atom stereocenters. The fraction of sp³-hybridized carbons (Fsp3) is 0.457. The maximum atomic E-state index is 15.3. The van der Waals surface area contributed by atoms with Crippen molar-refractivity contribution in [3.8, 4) is 5.75 Å². The summed E-state index contributed by atoms with van der Waals surface area (Å²) >= 11 is 1.98. The minimum absolute atomic E-state index is 0.0224. The van der Waals surface area contributed by atoms with Gasteiger partial charge in [0.15, 0.2) is 0 Å². The maximum absolute atomic E-state index is 15.3. The Morgan fingerprint density at radius 3 is 2.41 bits per heavy atom. The highest BCUT2D eigenvalue weighted by Crippen LogP contribution is 2.39. The molecule has 0 aromatic heterocycles. The van der Waals surface area contributed by atoms with Crippen molar-refractivity contribution < 1.29 is 22.7 Å². The molecule has 3 aromatic rings. The first kappa shape index (κ1) is 33.8. The van der Waals surface area contributed by atoms with Crippen molar-refractivity contribution in [2.45, 2.75) is 87.2 Å². The second-order valence-electron chi connectivity index (χ2n) is 12.9. The number of para-hydroxylation sites is 1. The lowest BCUT2D eigenvalue weighted by atomic mass is 9.85. The normalized spacial score (nSPS) is 15.1. The Balaban J connectivity index is 1.62. The Morgan fingerprint density at radius 2 is 1.77 bits per heavy atom. The molecule has 0 heterocycles. The van der Waals surface area contributed by atoms with Gasteiger partial charge >= 0.3 is 0 Å². The molecule has 0 bridgehead atoms. The molecule has 0 saturated heterocycles. The Hall–Kier alpha value is -3.04. The summed E-state index contributed by atoms with van der Waals surface area (Å²) in [5.41, 5.74) is 3.36. The van der Waals surface area contributed by atoms with Crippen LogP contribution in [0.1, 0.15) is 92.3 Å². The molecule has 0 aliphatic heterocycles. The number of hydrogen-bond acceptors (Lipinski definition) is 5. The van der Waals surface area contributed by atoms with Gasteiger partial charge in [0.05, 0.1) is 17.5 Å². The highest BCUT2D eigenvalue weighted by Gasteiger charge is 2.23. The number of amides is 1. The van der Waals surface area contributed by atoms with Crippen LogP contribution in [0.15, 0.2) is 65.6 Å². The lowest BCUT2D eigenvalue weighted by Gasteiger charge is -2.26. The van der Waals surface area contributed by atoms with E-state index >= 15 is 4.39 Å². The molecule has 238 valence electrons.